The van der Waals surface area contributed by atoms with E-state index in [2.05, 4.69) is 9.65 Å². The molecule has 0 heterocycles. The number of hydrogen-bond donors (Lipinski definition) is 0. The summed E-state index contributed by atoms with van der Waals surface area (Å²) in [4.78, 5) is 6.30. The molecule has 0 saturated heterocycles. The largest absolute Gasteiger partial charge is 0.796 e. The minimum atomic E-state index is -2.91. The fraction of sp³-hybridized carbons (Fsp3) is 0.222. The molecule has 0 aromatic heterocycles. The molecule has 0 atom stereocenters. The Balaban J connectivity index is 2.31. The number of benzene rings is 2. The van der Waals surface area contributed by atoms with E-state index < -0.39 is 7.47 Å². The van der Waals surface area contributed by atoms with Gasteiger partial charge >= 0.3 is 7.47 Å². The van der Waals surface area contributed by atoms with Crippen molar-refractivity contribution in [3.63, 3.8) is 0 Å². The fourth-order valence-corrected chi connectivity index (χ4v) is 2.38. The van der Waals surface area contributed by atoms with Gasteiger partial charge in [0, 0.05) is 36.6 Å². The number of nitriles is 1. The van der Waals surface area contributed by atoms with Crippen molar-refractivity contribution in [2.24, 2.45) is 4.99 Å². The molecule has 2 aromatic carbocycles. The van der Waals surface area contributed by atoms with E-state index in [1.165, 1.54) is 6.21 Å². The van der Waals surface area contributed by atoms with Gasteiger partial charge in [0.05, 0.1) is 17.3 Å². The van der Waals surface area contributed by atoms with Crippen LogP contribution in [0, 0.1) is 11.3 Å². The number of anilines is 1. The number of nitrogens with zero attached hydrogens (tertiary/aromatic N) is 3. The summed E-state index contributed by atoms with van der Waals surface area (Å²) in [5, 5.41) is 8.79. The molecule has 0 saturated carbocycles. The van der Waals surface area contributed by atoms with E-state index in [0.717, 1.165) is 18.8 Å². The molecule has 0 aliphatic rings. The van der Waals surface area contributed by atoms with Crippen molar-refractivity contribution < 1.29 is 13.3 Å². The minimum Gasteiger partial charge on any atom is -0.505 e. The van der Waals surface area contributed by atoms with Crippen molar-refractivity contribution in [3.05, 3.63) is 53.6 Å². The van der Waals surface area contributed by atoms with E-state index >= 15 is 0 Å². The third kappa shape index (κ3) is 5.05. The van der Waals surface area contributed by atoms with Gasteiger partial charge in [-0.05, 0) is 50.2 Å². The Morgan fingerprint density at radius 2 is 1.84 bits per heavy atom. The van der Waals surface area contributed by atoms with Crippen molar-refractivity contribution in [1.29, 1.82) is 5.26 Å². The lowest BCUT2D eigenvalue weighted by Gasteiger charge is -2.22. The van der Waals surface area contributed by atoms with Gasteiger partial charge in [0.2, 0.25) is 0 Å². The molecule has 0 unspecified atom stereocenters. The highest BCUT2D eigenvalue weighted by Crippen LogP contribution is 2.26. The summed E-state index contributed by atoms with van der Waals surface area (Å²) >= 11 is 0. The van der Waals surface area contributed by atoms with Gasteiger partial charge in [-0.2, -0.15) is 5.26 Å². The molecule has 2 rings (SSSR count). The number of hydrogen-bond acceptors (Lipinski definition) is 4. The SMILES string of the molecule is CCN(CC)c1ccc(C=Nc2ccc(C#N)cc2)c(OB(F)F)c1. The first-order chi connectivity index (χ1) is 12.1. The van der Waals surface area contributed by atoms with Gasteiger partial charge in [-0.15, -0.1) is 0 Å². The normalized spacial score (nSPS) is 10.5. The van der Waals surface area contributed by atoms with Gasteiger partial charge in [-0.1, -0.05) is 0 Å². The molecule has 0 amide bonds. The Bertz CT molecular complexity index is 769. The standard InChI is InChI=1S/C18H18BF2N3O/c1-3-24(4-2)17-10-7-15(18(11-17)25-19(20)21)13-23-16-8-5-14(12-22)6-9-16/h5-11,13H,3-4H2,1-2H3. The third-order valence-corrected chi connectivity index (χ3v) is 3.69. The van der Waals surface area contributed by atoms with E-state index in [1.54, 1.807) is 36.4 Å². The van der Waals surface area contributed by atoms with Gasteiger partial charge in [0.25, 0.3) is 0 Å². The Kier molecular flexibility index (Phi) is 6.52. The van der Waals surface area contributed by atoms with Crippen LogP contribution in [0.2, 0.25) is 0 Å². The number of aliphatic imine (C=N–C) groups is 1. The molecular weight excluding hydrogens is 323 g/mol. The first-order valence-electron chi connectivity index (χ1n) is 7.95. The van der Waals surface area contributed by atoms with Crippen molar-refractivity contribution >= 4 is 25.1 Å². The van der Waals surface area contributed by atoms with Gasteiger partial charge in [0.1, 0.15) is 5.75 Å². The summed E-state index contributed by atoms with van der Waals surface area (Å²) in [6.45, 7) is 5.53. The Morgan fingerprint density at radius 1 is 1.16 bits per heavy atom. The zero-order valence-corrected chi connectivity index (χ0v) is 14.1. The van der Waals surface area contributed by atoms with Crippen LogP contribution in [0.3, 0.4) is 0 Å². The van der Waals surface area contributed by atoms with Crippen LogP contribution in [-0.4, -0.2) is 26.8 Å². The second-order valence-corrected chi connectivity index (χ2v) is 5.19. The van der Waals surface area contributed by atoms with E-state index in [0.29, 0.717) is 16.8 Å². The average molecular weight is 341 g/mol. The lowest BCUT2D eigenvalue weighted by molar-refractivity contribution is 0.425. The molecule has 7 heteroatoms. The minimum absolute atomic E-state index is 0.0804. The monoisotopic (exact) mass is 341 g/mol. The van der Waals surface area contributed by atoms with Crippen LogP contribution in [0.15, 0.2) is 47.5 Å². The van der Waals surface area contributed by atoms with E-state index in [-0.39, 0.29) is 5.75 Å². The molecule has 25 heavy (non-hydrogen) atoms. The highest BCUT2D eigenvalue weighted by atomic mass is 19.2. The summed E-state index contributed by atoms with van der Waals surface area (Å²) in [6.07, 6.45) is 1.48. The summed E-state index contributed by atoms with van der Waals surface area (Å²) in [5.41, 5.74) is 2.43. The summed E-state index contributed by atoms with van der Waals surface area (Å²) < 4.78 is 30.1. The topological polar surface area (TPSA) is 48.6 Å². The van der Waals surface area contributed by atoms with Crippen LogP contribution < -0.4 is 9.55 Å². The quantitative estimate of drug-likeness (QED) is 0.552. The average Bonchev–Trinajstić information content (AvgIpc) is 2.62. The van der Waals surface area contributed by atoms with Crippen LogP contribution in [-0.2, 0) is 0 Å². The zero-order chi connectivity index (χ0) is 18.2. The van der Waals surface area contributed by atoms with Crippen LogP contribution in [0.25, 0.3) is 0 Å². The molecule has 0 fully saturated rings. The molecule has 0 aliphatic heterocycles. The third-order valence-electron chi connectivity index (χ3n) is 3.69. The molecule has 128 valence electrons. The first kappa shape index (κ1) is 18.5. The predicted molar refractivity (Wildman–Crippen MR) is 97.0 cm³/mol. The fourth-order valence-electron chi connectivity index (χ4n) is 2.38. The lowest BCUT2D eigenvalue weighted by atomic mass is 10.1. The Morgan fingerprint density at radius 3 is 2.40 bits per heavy atom. The molecular formula is C18H18BF2N3O. The van der Waals surface area contributed by atoms with Crippen molar-refractivity contribution in [2.75, 3.05) is 18.0 Å². The van der Waals surface area contributed by atoms with Crippen LogP contribution >= 0.6 is 0 Å². The van der Waals surface area contributed by atoms with E-state index in [9.17, 15) is 8.63 Å². The molecule has 0 N–H and O–H groups in total. The second-order valence-electron chi connectivity index (χ2n) is 5.19. The highest BCUT2D eigenvalue weighted by Gasteiger charge is 2.20. The lowest BCUT2D eigenvalue weighted by Crippen LogP contribution is -2.22. The maximum absolute atomic E-state index is 12.7. The maximum atomic E-state index is 12.7. The van der Waals surface area contributed by atoms with Crippen LogP contribution in [0.4, 0.5) is 20.0 Å². The summed E-state index contributed by atoms with van der Waals surface area (Å²) in [7, 11) is -2.91. The van der Waals surface area contributed by atoms with Crippen LogP contribution in [0.1, 0.15) is 25.0 Å². The van der Waals surface area contributed by atoms with Gasteiger partial charge in [0.15, 0.2) is 0 Å². The number of halogens is 2. The Labute approximate surface area is 146 Å². The summed E-state index contributed by atoms with van der Waals surface area (Å²) in [5.74, 6) is 0.0804. The number of rotatable bonds is 7. The van der Waals surface area contributed by atoms with Crippen LogP contribution in [0.5, 0.6) is 5.75 Å². The maximum Gasteiger partial charge on any atom is 0.796 e. The summed E-state index contributed by atoms with van der Waals surface area (Å²) in [6, 6.07) is 13.8. The smallest absolute Gasteiger partial charge is 0.505 e. The van der Waals surface area contributed by atoms with Crippen molar-refractivity contribution in [3.8, 4) is 11.8 Å². The van der Waals surface area contributed by atoms with Crippen molar-refractivity contribution in [2.45, 2.75) is 13.8 Å². The highest BCUT2D eigenvalue weighted by molar-refractivity contribution is 6.35. The molecule has 0 spiro atoms. The Hall–Kier alpha value is -2.88. The molecule has 2 aromatic rings. The van der Waals surface area contributed by atoms with Gasteiger partial charge in [-0.3, -0.25) is 4.99 Å². The van der Waals surface area contributed by atoms with Gasteiger partial charge in [-0.25, -0.2) is 8.63 Å². The predicted octanol–water partition coefficient (Wildman–Crippen LogP) is 4.46. The van der Waals surface area contributed by atoms with E-state index in [4.69, 9.17) is 5.26 Å². The first-order valence-corrected chi connectivity index (χ1v) is 7.95. The van der Waals surface area contributed by atoms with E-state index in [1.807, 2.05) is 30.9 Å². The zero-order valence-electron chi connectivity index (χ0n) is 14.1. The molecule has 0 aliphatic carbocycles. The van der Waals surface area contributed by atoms with Gasteiger partial charge < -0.3 is 9.55 Å². The molecule has 0 radical (unpaired) electrons. The molecule has 4 nitrogen and oxygen atoms in total. The molecule has 0 bridgehead atoms. The van der Waals surface area contributed by atoms with Crippen molar-refractivity contribution in [1.82, 2.24) is 0 Å². The second kappa shape index (κ2) is 8.83.